The second-order valence-electron chi connectivity index (χ2n) is 7.90. The number of rotatable bonds is 6. The summed E-state index contributed by atoms with van der Waals surface area (Å²) < 4.78 is 38.5. The van der Waals surface area contributed by atoms with E-state index in [1.165, 1.54) is 49.6 Å². The molecule has 0 aliphatic heterocycles. The SMILES string of the molecule is COC(=O)c1c(C)oc2ccc(N(C(=O)c3ccc([N+](=O)[O-])cc3)S(=O)(=O)c3ccc(C)cc3)cc12. The van der Waals surface area contributed by atoms with Gasteiger partial charge in [0.15, 0.2) is 0 Å². The normalized spacial score (nSPS) is 11.3. The van der Waals surface area contributed by atoms with Gasteiger partial charge in [0.25, 0.3) is 21.6 Å². The van der Waals surface area contributed by atoms with Crippen LogP contribution in [0.25, 0.3) is 11.0 Å². The Morgan fingerprint density at radius 2 is 1.61 bits per heavy atom. The van der Waals surface area contributed by atoms with E-state index in [-0.39, 0.29) is 38.5 Å². The topological polar surface area (TPSA) is 137 Å². The molecule has 0 saturated carbocycles. The maximum atomic E-state index is 13.7. The number of amides is 1. The molecule has 0 saturated heterocycles. The zero-order valence-corrected chi connectivity index (χ0v) is 20.2. The fourth-order valence-electron chi connectivity index (χ4n) is 3.71. The molecule has 1 heterocycles. The Labute approximate surface area is 205 Å². The van der Waals surface area contributed by atoms with E-state index in [4.69, 9.17) is 9.15 Å². The van der Waals surface area contributed by atoms with E-state index in [1.54, 1.807) is 26.0 Å². The van der Waals surface area contributed by atoms with E-state index in [2.05, 4.69) is 0 Å². The number of non-ortho nitro benzene ring substituents is 1. The van der Waals surface area contributed by atoms with Gasteiger partial charge in [0, 0.05) is 23.1 Å². The van der Waals surface area contributed by atoms with Crippen molar-refractivity contribution in [2.75, 3.05) is 11.4 Å². The molecule has 0 fully saturated rings. The summed E-state index contributed by atoms with van der Waals surface area (Å²) in [6, 6.07) is 14.7. The first kappa shape index (κ1) is 24.6. The standard InChI is InChI=1S/C25H20N2O8S/c1-15-4-11-20(12-5-15)36(32,33)26(24(28)17-6-8-18(9-7-17)27(30)31)19-10-13-22-21(14-19)23(16(2)35-22)25(29)34-3/h4-14H,1-3H3. The highest BCUT2D eigenvalue weighted by atomic mass is 32.2. The third kappa shape index (κ3) is 4.31. The van der Waals surface area contributed by atoms with Crippen LogP contribution in [0.4, 0.5) is 11.4 Å². The van der Waals surface area contributed by atoms with Crippen LogP contribution in [-0.2, 0) is 14.8 Å². The van der Waals surface area contributed by atoms with E-state index in [0.29, 0.717) is 9.89 Å². The van der Waals surface area contributed by atoms with Crippen LogP contribution in [0.15, 0.2) is 76.0 Å². The molecule has 3 aromatic carbocycles. The Hall–Kier alpha value is -4.51. The number of carbonyl (C=O) groups is 2. The number of carbonyl (C=O) groups excluding carboxylic acids is 2. The number of methoxy groups -OCH3 is 1. The third-order valence-corrected chi connectivity index (χ3v) is 7.27. The number of nitrogens with zero attached hydrogens (tertiary/aromatic N) is 2. The Morgan fingerprint density at radius 1 is 0.972 bits per heavy atom. The molecule has 36 heavy (non-hydrogen) atoms. The number of hydrogen-bond donors (Lipinski definition) is 0. The number of esters is 1. The van der Waals surface area contributed by atoms with Crippen molar-refractivity contribution in [3.63, 3.8) is 0 Å². The molecule has 4 rings (SSSR count). The van der Waals surface area contributed by atoms with Gasteiger partial charge in [-0.05, 0) is 56.3 Å². The number of anilines is 1. The van der Waals surface area contributed by atoms with E-state index in [1.807, 2.05) is 0 Å². The summed E-state index contributed by atoms with van der Waals surface area (Å²) in [5.74, 6) is -1.36. The average molecular weight is 509 g/mol. The molecular formula is C25H20N2O8S. The van der Waals surface area contributed by atoms with Crippen molar-refractivity contribution in [2.45, 2.75) is 18.7 Å². The molecule has 0 unspecified atom stereocenters. The minimum Gasteiger partial charge on any atom is -0.465 e. The fraction of sp³-hybridized carbons (Fsp3) is 0.120. The highest BCUT2D eigenvalue weighted by Gasteiger charge is 2.33. The molecule has 0 spiro atoms. The first-order valence-electron chi connectivity index (χ1n) is 10.6. The van der Waals surface area contributed by atoms with Crippen LogP contribution in [0.1, 0.15) is 32.0 Å². The van der Waals surface area contributed by atoms with Gasteiger partial charge in [0.1, 0.15) is 16.9 Å². The second-order valence-corrected chi connectivity index (χ2v) is 9.68. The monoisotopic (exact) mass is 508 g/mol. The Kier molecular flexibility index (Phi) is 6.34. The van der Waals surface area contributed by atoms with Crippen molar-refractivity contribution in [3.05, 3.63) is 99.3 Å². The van der Waals surface area contributed by atoms with Crippen molar-refractivity contribution in [2.24, 2.45) is 0 Å². The number of nitro groups is 1. The van der Waals surface area contributed by atoms with Crippen molar-refractivity contribution < 1.29 is 32.1 Å². The van der Waals surface area contributed by atoms with Gasteiger partial charge in [-0.3, -0.25) is 14.9 Å². The lowest BCUT2D eigenvalue weighted by molar-refractivity contribution is -0.384. The van der Waals surface area contributed by atoms with Gasteiger partial charge >= 0.3 is 5.97 Å². The molecule has 0 bridgehead atoms. The lowest BCUT2D eigenvalue weighted by Gasteiger charge is -2.23. The van der Waals surface area contributed by atoms with Gasteiger partial charge in [-0.25, -0.2) is 13.2 Å². The summed E-state index contributed by atoms with van der Waals surface area (Å²) in [5, 5.41) is 11.3. The van der Waals surface area contributed by atoms with Crippen molar-refractivity contribution in [3.8, 4) is 0 Å². The number of ether oxygens (including phenoxy) is 1. The van der Waals surface area contributed by atoms with E-state index in [9.17, 15) is 28.1 Å². The lowest BCUT2D eigenvalue weighted by atomic mass is 10.1. The van der Waals surface area contributed by atoms with Crippen LogP contribution in [-0.4, -0.2) is 32.3 Å². The number of nitro benzene ring substituents is 1. The van der Waals surface area contributed by atoms with Crippen molar-refractivity contribution >= 4 is 44.2 Å². The van der Waals surface area contributed by atoms with Gasteiger partial charge in [0.05, 0.1) is 22.6 Å². The molecule has 4 aromatic rings. The summed E-state index contributed by atoms with van der Waals surface area (Å²) in [4.78, 5) is 36.2. The van der Waals surface area contributed by atoms with Crippen molar-refractivity contribution in [1.82, 2.24) is 0 Å². The number of aryl methyl sites for hydroxylation is 2. The summed E-state index contributed by atoms with van der Waals surface area (Å²) in [5.41, 5.74) is 0.819. The van der Waals surface area contributed by atoms with Crippen molar-refractivity contribution in [1.29, 1.82) is 0 Å². The lowest BCUT2D eigenvalue weighted by Crippen LogP contribution is -2.37. The second kappa shape index (κ2) is 9.27. The first-order valence-corrected chi connectivity index (χ1v) is 12.0. The Bertz CT molecular complexity index is 1600. The number of hydrogen-bond acceptors (Lipinski definition) is 8. The van der Waals surface area contributed by atoms with Crippen LogP contribution in [0.5, 0.6) is 0 Å². The number of furan rings is 1. The number of sulfonamides is 1. The highest BCUT2D eigenvalue weighted by molar-refractivity contribution is 7.93. The Morgan fingerprint density at radius 3 is 2.19 bits per heavy atom. The smallest absolute Gasteiger partial charge is 0.342 e. The van der Waals surface area contributed by atoms with Crippen LogP contribution in [0.3, 0.4) is 0 Å². The molecule has 0 aliphatic rings. The molecule has 0 atom stereocenters. The van der Waals surface area contributed by atoms with Gasteiger partial charge in [-0.2, -0.15) is 4.31 Å². The predicted molar refractivity (Wildman–Crippen MR) is 131 cm³/mol. The minimum absolute atomic E-state index is 0.0580. The van der Waals surface area contributed by atoms with Crippen LogP contribution < -0.4 is 4.31 Å². The average Bonchev–Trinajstić information content (AvgIpc) is 3.18. The van der Waals surface area contributed by atoms with Crippen LogP contribution in [0.2, 0.25) is 0 Å². The molecule has 0 radical (unpaired) electrons. The van der Waals surface area contributed by atoms with Gasteiger partial charge < -0.3 is 9.15 Å². The largest absolute Gasteiger partial charge is 0.465 e. The number of fused-ring (bicyclic) bond motifs is 1. The fourth-order valence-corrected chi connectivity index (χ4v) is 5.12. The van der Waals surface area contributed by atoms with E-state index < -0.39 is 26.8 Å². The predicted octanol–water partition coefficient (Wildman–Crippen LogP) is 4.78. The maximum absolute atomic E-state index is 13.7. The van der Waals surface area contributed by atoms with E-state index in [0.717, 1.165) is 17.7 Å². The quantitative estimate of drug-likeness (QED) is 0.206. The summed E-state index contributed by atoms with van der Waals surface area (Å²) in [6.45, 7) is 3.36. The summed E-state index contributed by atoms with van der Waals surface area (Å²) >= 11 is 0. The van der Waals surface area contributed by atoms with Gasteiger partial charge in [-0.1, -0.05) is 17.7 Å². The zero-order chi connectivity index (χ0) is 26.2. The molecule has 184 valence electrons. The van der Waals surface area contributed by atoms with E-state index >= 15 is 0 Å². The zero-order valence-electron chi connectivity index (χ0n) is 19.4. The summed E-state index contributed by atoms with van der Waals surface area (Å²) in [7, 11) is -3.24. The molecule has 11 heteroatoms. The first-order chi connectivity index (χ1) is 17.0. The van der Waals surface area contributed by atoms with Crippen LogP contribution >= 0.6 is 0 Å². The van der Waals surface area contributed by atoms with Gasteiger partial charge in [0.2, 0.25) is 0 Å². The Balaban J connectivity index is 1.93. The molecular weight excluding hydrogens is 488 g/mol. The molecule has 1 aromatic heterocycles. The maximum Gasteiger partial charge on any atom is 0.342 e. The molecule has 1 amide bonds. The molecule has 0 N–H and O–H groups in total. The van der Waals surface area contributed by atoms with Gasteiger partial charge in [-0.15, -0.1) is 0 Å². The third-order valence-electron chi connectivity index (χ3n) is 5.54. The number of benzene rings is 3. The highest BCUT2D eigenvalue weighted by Crippen LogP contribution is 2.33. The minimum atomic E-state index is -4.44. The van der Waals surface area contributed by atoms with Crippen LogP contribution in [0, 0.1) is 24.0 Å². The molecule has 0 aliphatic carbocycles. The molecule has 10 nitrogen and oxygen atoms in total. The summed E-state index contributed by atoms with van der Waals surface area (Å²) in [6.07, 6.45) is 0.